The third kappa shape index (κ3) is 3.49. The summed E-state index contributed by atoms with van der Waals surface area (Å²) in [5, 5.41) is 3.18. The molecule has 2 aromatic heterocycles. The summed E-state index contributed by atoms with van der Waals surface area (Å²) in [5.41, 5.74) is 2.67. The van der Waals surface area contributed by atoms with Gasteiger partial charge in [0.05, 0.1) is 11.7 Å². The van der Waals surface area contributed by atoms with Gasteiger partial charge in [-0.05, 0) is 51.3 Å². The van der Waals surface area contributed by atoms with E-state index in [1.807, 2.05) is 13.1 Å². The van der Waals surface area contributed by atoms with Gasteiger partial charge in [-0.2, -0.15) is 0 Å². The first-order valence-corrected chi connectivity index (χ1v) is 9.51. The summed E-state index contributed by atoms with van der Waals surface area (Å²) in [4.78, 5) is 29.9. The van der Waals surface area contributed by atoms with Crippen molar-refractivity contribution in [1.82, 2.24) is 25.2 Å². The molecule has 1 N–H and O–H groups in total. The summed E-state index contributed by atoms with van der Waals surface area (Å²) >= 11 is 0. The second-order valence-corrected chi connectivity index (χ2v) is 7.37. The van der Waals surface area contributed by atoms with Crippen LogP contribution in [-0.4, -0.2) is 65.0 Å². The van der Waals surface area contributed by atoms with Gasteiger partial charge in [0.15, 0.2) is 5.65 Å². The van der Waals surface area contributed by atoms with E-state index in [4.69, 9.17) is 0 Å². The largest absolute Gasteiger partial charge is 0.370 e. The molecule has 2 aliphatic heterocycles. The molecule has 4 heterocycles. The van der Waals surface area contributed by atoms with Gasteiger partial charge in [-0.15, -0.1) is 0 Å². The van der Waals surface area contributed by atoms with Crippen molar-refractivity contribution >= 4 is 22.8 Å². The highest BCUT2D eigenvalue weighted by Crippen LogP contribution is 2.27. The summed E-state index contributed by atoms with van der Waals surface area (Å²) in [7, 11) is 2.04. The van der Waals surface area contributed by atoms with E-state index in [1.54, 1.807) is 18.6 Å². The van der Waals surface area contributed by atoms with Crippen LogP contribution in [0.5, 0.6) is 0 Å². The molecule has 1 atom stereocenters. The number of anilines is 1. The van der Waals surface area contributed by atoms with Crippen LogP contribution in [0, 0.1) is 5.92 Å². The molecule has 2 saturated heterocycles. The Bertz CT molecular complexity index is 768. The molecule has 1 unspecified atom stereocenters. The fraction of sp³-hybridized carbons (Fsp3) is 0.579. The molecule has 1 amide bonds. The number of carbonyl (C=O) groups is 1. The van der Waals surface area contributed by atoms with Gasteiger partial charge in [0.2, 0.25) is 5.91 Å². The molecule has 0 spiro atoms. The zero-order valence-corrected chi connectivity index (χ0v) is 15.3. The lowest BCUT2D eigenvalue weighted by Crippen LogP contribution is -2.44. The van der Waals surface area contributed by atoms with Crippen LogP contribution in [0.2, 0.25) is 0 Å². The number of nitrogens with one attached hydrogen (secondary N) is 1. The van der Waals surface area contributed by atoms with E-state index in [1.165, 1.54) is 0 Å². The van der Waals surface area contributed by atoms with Crippen molar-refractivity contribution in [3.8, 4) is 0 Å². The normalized spacial score (nSPS) is 22.0. The van der Waals surface area contributed by atoms with Crippen LogP contribution < -0.4 is 10.2 Å². The molecule has 2 fully saturated rings. The van der Waals surface area contributed by atoms with E-state index in [9.17, 15) is 4.79 Å². The van der Waals surface area contributed by atoms with Gasteiger partial charge >= 0.3 is 0 Å². The van der Waals surface area contributed by atoms with Gasteiger partial charge in [-0.3, -0.25) is 9.69 Å². The van der Waals surface area contributed by atoms with E-state index in [0.717, 1.165) is 63.1 Å². The fourth-order valence-corrected chi connectivity index (χ4v) is 4.10. The van der Waals surface area contributed by atoms with Crippen LogP contribution in [0.15, 0.2) is 24.7 Å². The van der Waals surface area contributed by atoms with Crippen molar-refractivity contribution in [2.24, 2.45) is 5.92 Å². The Kier molecular flexibility index (Phi) is 4.97. The summed E-state index contributed by atoms with van der Waals surface area (Å²) in [6.07, 6.45) is 9.45. The lowest BCUT2D eigenvalue weighted by molar-refractivity contribution is -0.125. The first kappa shape index (κ1) is 17.1. The lowest BCUT2D eigenvalue weighted by atomic mass is 9.96. The van der Waals surface area contributed by atoms with Crippen LogP contribution in [-0.2, 0) is 4.79 Å². The van der Waals surface area contributed by atoms with E-state index < -0.39 is 0 Å². The smallest absolute Gasteiger partial charge is 0.237 e. The lowest BCUT2D eigenvalue weighted by Gasteiger charge is -2.34. The van der Waals surface area contributed by atoms with Crippen LogP contribution in [0.3, 0.4) is 0 Å². The number of likely N-dealkylation sites (tertiary alicyclic amines) is 1. The fourth-order valence-electron chi connectivity index (χ4n) is 4.10. The zero-order chi connectivity index (χ0) is 17.9. The Hall–Kier alpha value is -2.28. The number of amides is 1. The zero-order valence-electron chi connectivity index (χ0n) is 15.3. The number of fused-ring (bicyclic) bond motifs is 1. The molecule has 0 radical (unpaired) electrons. The summed E-state index contributed by atoms with van der Waals surface area (Å²) < 4.78 is 0. The Morgan fingerprint density at radius 2 is 1.88 bits per heavy atom. The van der Waals surface area contributed by atoms with Gasteiger partial charge in [0.25, 0.3) is 0 Å². The highest BCUT2D eigenvalue weighted by molar-refractivity contribution is 5.85. The molecule has 0 aliphatic carbocycles. The predicted molar refractivity (Wildman–Crippen MR) is 101 cm³/mol. The van der Waals surface area contributed by atoms with E-state index in [0.29, 0.717) is 11.6 Å². The maximum atomic E-state index is 12.3. The van der Waals surface area contributed by atoms with Gasteiger partial charge in [-0.25, -0.2) is 15.0 Å². The minimum absolute atomic E-state index is 0.0665. The highest BCUT2D eigenvalue weighted by atomic mass is 16.2. The third-order valence-corrected chi connectivity index (χ3v) is 5.69. The molecule has 0 saturated carbocycles. The summed E-state index contributed by atoms with van der Waals surface area (Å²) in [6, 6.07) is 2.09. The van der Waals surface area contributed by atoms with Crippen molar-refractivity contribution in [2.75, 3.05) is 38.1 Å². The molecular formula is C19H26N6O. The molecule has 0 bridgehead atoms. The van der Waals surface area contributed by atoms with E-state index in [-0.39, 0.29) is 11.9 Å². The van der Waals surface area contributed by atoms with E-state index >= 15 is 0 Å². The molecule has 4 rings (SSSR count). The second-order valence-electron chi connectivity index (χ2n) is 7.37. The Labute approximate surface area is 153 Å². The minimum Gasteiger partial charge on any atom is -0.370 e. The predicted octanol–water partition coefficient (Wildman–Crippen LogP) is 1.45. The van der Waals surface area contributed by atoms with Crippen molar-refractivity contribution in [3.63, 3.8) is 0 Å². The minimum atomic E-state index is 0.0665. The number of carbonyl (C=O) groups excluding carboxylic acids is 1. The first-order valence-electron chi connectivity index (χ1n) is 9.51. The maximum Gasteiger partial charge on any atom is 0.237 e. The molecule has 7 heteroatoms. The number of likely N-dealkylation sites (N-methyl/N-ethyl adjacent to an activating group) is 1. The number of piperidine rings is 1. The van der Waals surface area contributed by atoms with Crippen molar-refractivity contribution in [3.05, 3.63) is 24.7 Å². The number of aromatic nitrogens is 3. The SMILES string of the molecule is CN1CCCC1C(=O)NCC1CCN(c2ccnc3nccnc23)CC1. The number of hydrogen-bond acceptors (Lipinski definition) is 6. The van der Waals surface area contributed by atoms with Crippen LogP contribution >= 0.6 is 0 Å². The topological polar surface area (TPSA) is 74.2 Å². The molecule has 2 aromatic rings. The summed E-state index contributed by atoms with van der Waals surface area (Å²) in [6.45, 7) is 3.76. The van der Waals surface area contributed by atoms with Crippen LogP contribution in [0.25, 0.3) is 11.2 Å². The first-order chi connectivity index (χ1) is 12.7. The average Bonchev–Trinajstić information content (AvgIpc) is 3.12. The monoisotopic (exact) mass is 354 g/mol. The Morgan fingerprint density at radius 3 is 2.65 bits per heavy atom. The van der Waals surface area contributed by atoms with Crippen LogP contribution in [0.1, 0.15) is 25.7 Å². The molecule has 0 aromatic carbocycles. The molecular weight excluding hydrogens is 328 g/mol. The van der Waals surface area contributed by atoms with Gasteiger partial charge in [0.1, 0.15) is 5.52 Å². The molecule has 7 nitrogen and oxygen atoms in total. The average molecular weight is 354 g/mol. The molecule has 26 heavy (non-hydrogen) atoms. The number of pyridine rings is 1. The molecule has 138 valence electrons. The van der Waals surface area contributed by atoms with E-state index in [2.05, 4.69) is 30.1 Å². The van der Waals surface area contributed by atoms with Gasteiger partial charge in [-0.1, -0.05) is 0 Å². The van der Waals surface area contributed by atoms with Crippen molar-refractivity contribution in [1.29, 1.82) is 0 Å². The standard InChI is InChI=1S/C19H26N6O/c1-24-10-2-3-16(24)19(26)23-13-14-5-11-25(12-6-14)15-4-7-21-18-17(15)20-8-9-22-18/h4,7-9,14,16H,2-3,5-6,10-13H2,1H3,(H,23,26). The van der Waals surface area contributed by atoms with Crippen molar-refractivity contribution in [2.45, 2.75) is 31.7 Å². The van der Waals surface area contributed by atoms with Gasteiger partial charge < -0.3 is 10.2 Å². The third-order valence-electron chi connectivity index (χ3n) is 5.69. The maximum absolute atomic E-state index is 12.3. The summed E-state index contributed by atoms with van der Waals surface area (Å²) in [5.74, 6) is 0.740. The second kappa shape index (κ2) is 7.53. The van der Waals surface area contributed by atoms with Gasteiger partial charge in [0, 0.05) is 38.2 Å². The number of nitrogens with zero attached hydrogens (tertiary/aromatic N) is 5. The molecule has 2 aliphatic rings. The van der Waals surface area contributed by atoms with Crippen LogP contribution in [0.4, 0.5) is 5.69 Å². The Balaban J connectivity index is 1.32. The highest BCUT2D eigenvalue weighted by Gasteiger charge is 2.28. The van der Waals surface area contributed by atoms with Crippen molar-refractivity contribution < 1.29 is 4.79 Å². The quantitative estimate of drug-likeness (QED) is 0.896. The number of hydrogen-bond donors (Lipinski definition) is 1. The number of rotatable bonds is 4. The Morgan fingerprint density at radius 1 is 1.12 bits per heavy atom.